The van der Waals surface area contributed by atoms with E-state index in [1.54, 1.807) is 13.0 Å². The molecule has 1 aliphatic heterocycles. The van der Waals surface area contributed by atoms with E-state index < -0.39 is 11.9 Å². The summed E-state index contributed by atoms with van der Waals surface area (Å²) < 4.78 is 19.0. The fourth-order valence-corrected chi connectivity index (χ4v) is 1.88. The van der Waals surface area contributed by atoms with Gasteiger partial charge in [0.15, 0.2) is 11.6 Å². The predicted octanol–water partition coefficient (Wildman–Crippen LogP) is 2.40. The first-order chi connectivity index (χ1) is 6.09. The minimum Gasteiger partial charge on any atom is -0.484 e. The second kappa shape index (κ2) is 2.96. The Hall–Kier alpha value is -0.610. The topological polar surface area (TPSA) is 29.5 Å². The van der Waals surface area contributed by atoms with Crippen molar-refractivity contribution < 1.29 is 14.2 Å². The van der Waals surface area contributed by atoms with Gasteiger partial charge in [0, 0.05) is 10.0 Å². The van der Waals surface area contributed by atoms with Gasteiger partial charge in [0.1, 0.15) is 12.2 Å². The number of benzene rings is 1. The van der Waals surface area contributed by atoms with Gasteiger partial charge in [-0.15, -0.1) is 0 Å². The number of hydrogen-bond donors (Lipinski definition) is 1. The van der Waals surface area contributed by atoms with E-state index in [1.807, 2.05) is 0 Å². The average molecular weight is 247 g/mol. The molecule has 0 saturated carbocycles. The Morgan fingerprint density at radius 2 is 2.23 bits per heavy atom. The van der Waals surface area contributed by atoms with E-state index in [0.717, 1.165) is 0 Å². The molecule has 0 radical (unpaired) electrons. The summed E-state index contributed by atoms with van der Waals surface area (Å²) in [6.07, 6.45) is -1.11. The van der Waals surface area contributed by atoms with Crippen LogP contribution in [0.25, 0.3) is 0 Å². The van der Waals surface area contributed by atoms with E-state index in [9.17, 15) is 9.50 Å². The lowest BCUT2D eigenvalue weighted by atomic mass is 10.1. The molecular formula is C9H8BrFO2. The van der Waals surface area contributed by atoms with Gasteiger partial charge in [0.2, 0.25) is 0 Å². The second-order valence-electron chi connectivity index (χ2n) is 3.07. The molecule has 1 heterocycles. The summed E-state index contributed by atoms with van der Waals surface area (Å²) in [5.41, 5.74) is 0.513. The van der Waals surface area contributed by atoms with Crippen molar-refractivity contribution in [2.24, 2.45) is 0 Å². The highest BCUT2D eigenvalue weighted by molar-refractivity contribution is 9.10. The predicted molar refractivity (Wildman–Crippen MR) is 49.1 cm³/mol. The van der Waals surface area contributed by atoms with Gasteiger partial charge in [-0.2, -0.15) is 0 Å². The van der Waals surface area contributed by atoms with E-state index in [0.29, 0.717) is 10.0 Å². The highest BCUT2D eigenvalue weighted by Crippen LogP contribution is 2.40. The Bertz CT molecular complexity index is 354. The molecular weight excluding hydrogens is 239 g/mol. The lowest BCUT2D eigenvalue weighted by molar-refractivity contribution is 0.0783. The molecule has 0 fully saturated rings. The van der Waals surface area contributed by atoms with Crippen molar-refractivity contribution in [3.05, 3.63) is 28.0 Å². The average Bonchev–Trinajstić information content (AvgIpc) is 2.32. The first-order valence-electron chi connectivity index (χ1n) is 3.93. The molecule has 0 saturated heterocycles. The van der Waals surface area contributed by atoms with Crippen molar-refractivity contribution in [1.82, 2.24) is 0 Å². The van der Waals surface area contributed by atoms with Gasteiger partial charge in [-0.25, -0.2) is 4.39 Å². The maximum Gasteiger partial charge on any atom is 0.166 e. The zero-order valence-electron chi connectivity index (χ0n) is 6.92. The Morgan fingerprint density at radius 1 is 1.54 bits per heavy atom. The molecule has 0 aromatic heterocycles. The lowest BCUT2D eigenvalue weighted by Gasteiger charge is -2.06. The first-order valence-corrected chi connectivity index (χ1v) is 4.72. The fraction of sp³-hybridized carbons (Fsp3) is 0.333. The van der Waals surface area contributed by atoms with E-state index in [1.165, 1.54) is 6.07 Å². The third kappa shape index (κ3) is 1.34. The molecule has 2 rings (SSSR count). The van der Waals surface area contributed by atoms with Crippen LogP contribution in [-0.4, -0.2) is 11.2 Å². The summed E-state index contributed by atoms with van der Waals surface area (Å²) in [5, 5.41) is 9.59. The second-order valence-corrected chi connectivity index (χ2v) is 3.99. The maximum absolute atomic E-state index is 13.2. The van der Waals surface area contributed by atoms with Gasteiger partial charge < -0.3 is 9.84 Å². The van der Waals surface area contributed by atoms with Crippen LogP contribution in [0.3, 0.4) is 0 Å². The third-order valence-corrected chi connectivity index (χ3v) is 2.56. The highest BCUT2D eigenvalue weighted by atomic mass is 79.9. The molecule has 0 bridgehead atoms. The standard InChI is InChI=1S/C9H8BrFO2/c1-4-8(12)6-2-5(10)3-7(11)9(6)13-4/h2-4,8,12H,1H3. The Balaban J connectivity index is 2.57. The van der Waals surface area contributed by atoms with E-state index in [4.69, 9.17) is 4.74 Å². The van der Waals surface area contributed by atoms with Crippen LogP contribution in [0.1, 0.15) is 18.6 Å². The van der Waals surface area contributed by atoms with Gasteiger partial charge in [-0.05, 0) is 19.1 Å². The van der Waals surface area contributed by atoms with Crippen molar-refractivity contribution in [3.8, 4) is 5.75 Å². The number of aliphatic hydroxyl groups is 1. The molecule has 1 aromatic carbocycles. The highest BCUT2D eigenvalue weighted by Gasteiger charge is 2.31. The van der Waals surface area contributed by atoms with Crippen LogP contribution in [0.2, 0.25) is 0 Å². The van der Waals surface area contributed by atoms with Crippen LogP contribution in [0, 0.1) is 5.82 Å². The summed E-state index contributed by atoms with van der Waals surface area (Å²) in [5.74, 6) is -0.268. The van der Waals surface area contributed by atoms with Crippen LogP contribution in [0.4, 0.5) is 4.39 Å². The minimum atomic E-state index is -0.734. The van der Waals surface area contributed by atoms with Gasteiger partial charge in [0.05, 0.1) is 0 Å². The van der Waals surface area contributed by atoms with Crippen LogP contribution in [0.5, 0.6) is 5.75 Å². The van der Waals surface area contributed by atoms with Crippen LogP contribution in [-0.2, 0) is 0 Å². The van der Waals surface area contributed by atoms with E-state index in [2.05, 4.69) is 15.9 Å². The SMILES string of the molecule is CC1Oc2c(F)cc(Br)cc2C1O. The smallest absolute Gasteiger partial charge is 0.166 e. The first kappa shape index (κ1) is 8.97. The summed E-state index contributed by atoms with van der Waals surface area (Å²) in [6, 6.07) is 3.00. The molecule has 70 valence electrons. The van der Waals surface area contributed by atoms with Crippen molar-refractivity contribution in [3.63, 3.8) is 0 Å². The molecule has 0 amide bonds. The Kier molecular flexibility index (Phi) is 2.04. The quantitative estimate of drug-likeness (QED) is 0.762. The zero-order chi connectivity index (χ0) is 9.59. The summed E-state index contributed by atoms with van der Waals surface area (Å²) in [6.45, 7) is 1.71. The lowest BCUT2D eigenvalue weighted by Crippen LogP contribution is -2.12. The van der Waals surface area contributed by atoms with E-state index in [-0.39, 0.29) is 11.9 Å². The van der Waals surface area contributed by atoms with Crippen molar-refractivity contribution in [1.29, 1.82) is 0 Å². The van der Waals surface area contributed by atoms with E-state index >= 15 is 0 Å². The number of aliphatic hydroxyl groups excluding tert-OH is 1. The monoisotopic (exact) mass is 246 g/mol. The van der Waals surface area contributed by atoms with Crippen molar-refractivity contribution in [2.45, 2.75) is 19.1 Å². The van der Waals surface area contributed by atoms with Crippen LogP contribution in [0.15, 0.2) is 16.6 Å². The van der Waals surface area contributed by atoms with Gasteiger partial charge in [0.25, 0.3) is 0 Å². The molecule has 0 aliphatic carbocycles. The van der Waals surface area contributed by atoms with Crippen LogP contribution >= 0.6 is 15.9 Å². The number of halogens is 2. The van der Waals surface area contributed by atoms with Crippen LogP contribution < -0.4 is 4.74 Å². The molecule has 2 nitrogen and oxygen atoms in total. The molecule has 13 heavy (non-hydrogen) atoms. The summed E-state index contributed by atoms with van der Waals surface area (Å²) in [7, 11) is 0. The Labute approximate surface area is 83.5 Å². The molecule has 1 aromatic rings. The third-order valence-electron chi connectivity index (χ3n) is 2.10. The summed E-state index contributed by atoms with van der Waals surface area (Å²) in [4.78, 5) is 0. The number of fused-ring (bicyclic) bond motifs is 1. The molecule has 1 aliphatic rings. The largest absolute Gasteiger partial charge is 0.484 e. The van der Waals surface area contributed by atoms with Gasteiger partial charge in [-0.1, -0.05) is 15.9 Å². The Morgan fingerprint density at radius 3 is 2.92 bits per heavy atom. The van der Waals surface area contributed by atoms with Gasteiger partial charge in [-0.3, -0.25) is 0 Å². The molecule has 2 atom stereocenters. The fourth-order valence-electron chi connectivity index (χ4n) is 1.43. The maximum atomic E-state index is 13.2. The number of rotatable bonds is 0. The zero-order valence-corrected chi connectivity index (χ0v) is 8.51. The molecule has 0 spiro atoms. The number of hydrogen-bond acceptors (Lipinski definition) is 2. The summed E-state index contributed by atoms with van der Waals surface area (Å²) >= 11 is 3.16. The minimum absolute atomic E-state index is 0.170. The molecule has 1 N–H and O–H groups in total. The molecule has 2 unspecified atom stereocenters. The normalized spacial score (nSPS) is 25.5. The van der Waals surface area contributed by atoms with Crippen molar-refractivity contribution in [2.75, 3.05) is 0 Å². The number of ether oxygens (including phenoxy) is 1. The molecule has 4 heteroatoms. The van der Waals surface area contributed by atoms with Gasteiger partial charge >= 0.3 is 0 Å². The van der Waals surface area contributed by atoms with Crippen molar-refractivity contribution >= 4 is 15.9 Å².